The number of amides is 2. The van der Waals surface area contributed by atoms with Gasteiger partial charge in [0.15, 0.2) is 0 Å². The number of aryl methyl sites for hydroxylation is 2. The van der Waals surface area contributed by atoms with E-state index in [4.69, 9.17) is 4.74 Å². The summed E-state index contributed by atoms with van der Waals surface area (Å²) >= 11 is 3.63. The van der Waals surface area contributed by atoms with Crippen LogP contribution in [0.5, 0.6) is 0 Å². The van der Waals surface area contributed by atoms with Crippen LogP contribution in [0.25, 0.3) is 0 Å². The number of hydrogen-bond donors (Lipinski definition) is 2. The monoisotopic (exact) mass is 482 g/mol. The number of anilines is 2. The molecule has 2 saturated carbocycles. The molecular formula is C24H23BrN2O4. The van der Waals surface area contributed by atoms with Gasteiger partial charge in [-0.3, -0.25) is 14.4 Å². The highest BCUT2D eigenvalue weighted by Crippen LogP contribution is 2.60. The van der Waals surface area contributed by atoms with E-state index in [1.807, 2.05) is 32.0 Å². The Morgan fingerprint density at radius 1 is 1.03 bits per heavy atom. The summed E-state index contributed by atoms with van der Waals surface area (Å²) in [6.45, 7) is 3.90. The van der Waals surface area contributed by atoms with Crippen molar-refractivity contribution in [2.24, 2.45) is 23.7 Å². The van der Waals surface area contributed by atoms with Crippen LogP contribution in [0, 0.1) is 37.5 Å². The van der Waals surface area contributed by atoms with Gasteiger partial charge in [0.1, 0.15) is 6.10 Å². The molecule has 3 fully saturated rings. The van der Waals surface area contributed by atoms with Crippen LogP contribution in [0.2, 0.25) is 0 Å². The zero-order valence-electron chi connectivity index (χ0n) is 17.2. The Bertz CT molecular complexity index is 1080. The first kappa shape index (κ1) is 20.2. The zero-order chi connectivity index (χ0) is 21.9. The number of alkyl halides is 1. The SMILES string of the molecule is Cc1cccc(C)c1NC(=O)c1cccc(NC(=O)[C@@H]2[C@H]3C[C@H]4[C@H](OC(=O)[C@@H]42)[C@@H]3Br)c1. The molecule has 2 N–H and O–H groups in total. The van der Waals surface area contributed by atoms with E-state index in [1.54, 1.807) is 24.3 Å². The predicted octanol–water partition coefficient (Wildman–Crippen LogP) is 4.07. The van der Waals surface area contributed by atoms with Crippen LogP contribution in [-0.2, 0) is 14.3 Å². The van der Waals surface area contributed by atoms with E-state index in [9.17, 15) is 14.4 Å². The third kappa shape index (κ3) is 3.26. The van der Waals surface area contributed by atoms with Crippen molar-refractivity contribution in [2.45, 2.75) is 31.2 Å². The van der Waals surface area contributed by atoms with E-state index in [0.29, 0.717) is 11.3 Å². The fraction of sp³-hybridized carbons (Fsp3) is 0.375. The number of ether oxygens (including phenoxy) is 1. The molecule has 6 nitrogen and oxygen atoms in total. The van der Waals surface area contributed by atoms with Crippen LogP contribution in [0.1, 0.15) is 27.9 Å². The molecule has 0 spiro atoms. The fourth-order valence-electron chi connectivity index (χ4n) is 5.49. The molecule has 1 aliphatic heterocycles. The van der Waals surface area contributed by atoms with Gasteiger partial charge in [0, 0.05) is 22.9 Å². The average molecular weight is 483 g/mol. The van der Waals surface area contributed by atoms with Crippen molar-refractivity contribution < 1.29 is 19.1 Å². The van der Waals surface area contributed by atoms with Crippen molar-refractivity contribution in [3.05, 3.63) is 59.2 Å². The van der Waals surface area contributed by atoms with Gasteiger partial charge in [-0.25, -0.2) is 0 Å². The quantitative estimate of drug-likeness (QED) is 0.508. The zero-order valence-corrected chi connectivity index (χ0v) is 18.8. The molecule has 0 aromatic heterocycles. The van der Waals surface area contributed by atoms with Gasteiger partial charge < -0.3 is 15.4 Å². The minimum atomic E-state index is -0.410. The normalized spacial score (nSPS) is 30.2. The smallest absolute Gasteiger partial charge is 0.310 e. The molecule has 0 unspecified atom stereocenters. The van der Waals surface area contributed by atoms with E-state index in [0.717, 1.165) is 23.2 Å². The predicted molar refractivity (Wildman–Crippen MR) is 120 cm³/mol. The minimum absolute atomic E-state index is 0.0189. The second-order valence-corrected chi connectivity index (χ2v) is 9.81. The second-order valence-electron chi connectivity index (χ2n) is 8.75. The first-order valence-corrected chi connectivity index (χ1v) is 11.4. The van der Waals surface area contributed by atoms with Gasteiger partial charge in [0.05, 0.1) is 16.7 Å². The van der Waals surface area contributed by atoms with Crippen LogP contribution >= 0.6 is 15.9 Å². The maximum atomic E-state index is 13.1. The molecule has 2 aromatic rings. The third-order valence-corrected chi connectivity index (χ3v) is 8.14. The Morgan fingerprint density at radius 3 is 2.48 bits per heavy atom. The van der Waals surface area contributed by atoms with Crippen LogP contribution in [0.4, 0.5) is 11.4 Å². The first-order chi connectivity index (χ1) is 14.8. The van der Waals surface area contributed by atoms with Crippen molar-refractivity contribution in [2.75, 3.05) is 10.6 Å². The van der Waals surface area contributed by atoms with Gasteiger partial charge in [-0.05, 0) is 55.5 Å². The van der Waals surface area contributed by atoms with Crippen LogP contribution in [-0.4, -0.2) is 28.7 Å². The standard InChI is InChI=1S/C24H23BrN2O4/c1-11-5-3-6-12(2)20(11)27-22(28)13-7-4-8-14(9-13)26-23(29)17-15-10-16-18(17)24(30)31-21(16)19(15)25/h3-9,15-19,21H,10H2,1-2H3,(H,26,29)(H,27,28)/t15-,16-,17-,18+,19-,21+/m1/s1. The highest BCUT2D eigenvalue weighted by Gasteiger charge is 2.67. The largest absolute Gasteiger partial charge is 0.461 e. The summed E-state index contributed by atoms with van der Waals surface area (Å²) in [7, 11) is 0. The van der Waals surface area contributed by atoms with Gasteiger partial charge in [0.25, 0.3) is 5.91 Å². The van der Waals surface area contributed by atoms with E-state index in [2.05, 4.69) is 26.6 Å². The summed E-state index contributed by atoms with van der Waals surface area (Å²) in [5.41, 5.74) is 3.75. The number of nitrogens with one attached hydrogen (secondary N) is 2. The first-order valence-electron chi connectivity index (χ1n) is 10.5. The molecule has 2 aromatic carbocycles. The number of rotatable bonds is 4. The molecule has 160 valence electrons. The number of halogens is 1. The lowest BCUT2D eigenvalue weighted by molar-refractivity contribution is -0.145. The maximum Gasteiger partial charge on any atom is 0.310 e. The minimum Gasteiger partial charge on any atom is -0.461 e. The molecule has 5 rings (SSSR count). The number of carbonyl (C=O) groups excluding carboxylic acids is 3. The van der Waals surface area contributed by atoms with Crippen molar-refractivity contribution in [3.63, 3.8) is 0 Å². The van der Waals surface area contributed by atoms with E-state index in [1.165, 1.54) is 0 Å². The Kier molecular flexibility index (Phi) is 4.88. The fourth-order valence-corrected chi connectivity index (χ4v) is 6.54. The number of hydrogen-bond acceptors (Lipinski definition) is 4. The highest BCUT2D eigenvalue weighted by atomic mass is 79.9. The lowest BCUT2D eigenvalue weighted by Crippen LogP contribution is -2.40. The Labute approximate surface area is 188 Å². The topological polar surface area (TPSA) is 84.5 Å². The number of esters is 1. The van der Waals surface area contributed by atoms with Gasteiger partial charge in [-0.1, -0.05) is 40.2 Å². The average Bonchev–Trinajstić information content (AvgIpc) is 3.35. The molecule has 6 atom stereocenters. The van der Waals surface area contributed by atoms with Gasteiger partial charge in [-0.15, -0.1) is 0 Å². The van der Waals surface area contributed by atoms with Crippen LogP contribution in [0.15, 0.2) is 42.5 Å². The molecule has 7 heteroatoms. The number of fused-ring (bicyclic) bond motifs is 1. The van der Waals surface area contributed by atoms with Crippen LogP contribution in [0.3, 0.4) is 0 Å². The number of benzene rings is 2. The van der Waals surface area contributed by atoms with E-state index >= 15 is 0 Å². The number of carbonyl (C=O) groups is 3. The molecule has 3 aliphatic rings. The summed E-state index contributed by atoms with van der Waals surface area (Å²) in [6, 6.07) is 12.7. The molecule has 1 heterocycles. The summed E-state index contributed by atoms with van der Waals surface area (Å²) < 4.78 is 5.49. The van der Waals surface area contributed by atoms with E-state index in [-0.39, 0.29) is 46.5 Å². The van der Waals surface area contributed by atoms with Crippen LogP contribution < -0.4 is 10.6 Å². The lowest BCUT2D eigenvalue weighted by Gasteiger charge is -2.27. The molecule has 2 bridgehead atoms. The van der Waals surface area contributed by atoms with E-state index < -0.39 is 5.92 Å². The molecule has 2 amide bonds. The van der Waals surface area contributed by atoms with Crippen molar-refractivity contribution in [1.29, 1.82) is 0 Å². The van der Waals surface area contributed by atoms with Gasteiger partial charge in [-0.2, -0.15) is 0 Å². The molecule has 0 radical (unpaired) electrons. The number of para-hydroxylation sites is 1. The maximum absolute atomic E-state index is 13.1. The van der Waals surface area contributed by atoms with Crippen molar-refractivity contribution in [3.8, 4) is 0 Å². The Balaban J connectivity index is 1.32. The van der Waals surface area contributed by atoms with Gasteiger partial charge >= 0.3 is 5.97 Å². The third-order valence-electron chi connectivity index (χ3n) is 6.94. The molecule has 2 aliphatic carbocycles. The van der Waals surface area contributed by atoms with Crippen molar-refractivity contribution in [1.82, 2.24) is 0 Å². The van der Waals surface area contributed by atoms with Gasteiger partial charge in [0.2, 0.25) is 5.91 Å². The van der Waals surface area contributed by atoms with Crippen molar-refractivity contribution >= 4 is 45.1 Å². The summed E-state index contributed by atoms with van der Waals surface area (Å²) in [5.74, 6) is -1.26. The summed E-state index contributed by atoms with van der Waals surface area (Å²) in [4.78, 5) is 38.2. The summed E-state index contributed by atoms with van der Waals surface area (Å²) in [5, 5.41) is 5.89. The Hall–Kier alpha value is -2.67. The molecular weight excluding hydrogens is 460 g/mol. The molecule has 31 heavy (non-hydrogen) atoms. The molecule has 1 saturated heterocycles. The second kappa shape index (κ2) is 7.48. The lowest BCUT2D eigenvalue weighted by atomic mass is 9.79. The highest BCUT2D eigenvalue weighted by molar-refractivity contribution is 9.09. The summed E-state index contributed by atoms with van der Waals surface area (Å²) in [6.07, 6.45) is 0.719. The Morgan fingerprint density at radius 2 is 1.74 bits per heavy atom.